The molecule has 72 valence electrons. The second-order valence-electron chi connectivity index (χ2n) is 2.82. The fourth-order valence-electron chi connectivity index (χ4n) is 1.11. The molecule has 0 fully saturated rings. The van der Waals surface area contributed by atoms with Gasteiger partial charge in [0.1, 0.15) is 0 Å². The lowest BCUT2D eigenvalue weighted by Gasteiger charge is -1.95. The lowest BCUT2D eigenvalue weighted by molar-refractivity contribution is 0.947. The molecule has 2 heterocycles. The predicted molar refractivity (Wildman–Crippen MR) is 55.1 cm³/mol. The van der Waals surface area contributed by atoms with E-state index in [1.807, 2.05) is 0 Å². The first-order chi connectivity index (χ1) is 6.66. The number of aromatic nitrogens is 3. The maximum absolute atomic E-state index is 11.4. The highest BCUT2D eigenvalue weighted by Crippen LogP contribution is 2.19. The highest BCUT2D eigenvalue weighted by molar-refractivity contribution is 7.13. The van der Waals surface area contributed by atoms with Crippen LogP contribution >= 0.6 is 11.3 Å². The van der Waals surface area contributed by atoms with Gasteiger partial charge in [0.05, 0.1) is 17.0 Å². The number of nitrogens with one attached hydrogen (secondary N) is 1. The summed E-state index contributed by atoms with van der Waals surface area (Å²) in [6, 6.07) is 1.69. The Morgan fingerprint density at radius 2 is 2.36 bits per heavy atom. The summed E-state index contributed by atoms with van der Waals surface area (Å²) in [6.45, 7) is 1.80. The molecule has 0 unspecified atom stereocenters. The number of anilines is 1. The van der Waals surface area contributed by atoms with E-state index in [0.29, 0.717) is 16.4 Å². The molecule has 0 aliphatic carbocycles. The molecule has 0 spiro atoms. The van der Waals surface area contributed by atoms with E-state index in [9.17, 15) is 4.79 Å². The SMILES string of the molecule is Cc1cc(-c2csc(N)n2)c(=O)[nH]n1. The molecule has 0 radical (unpaired) electrons. The molecule has 14 heavy (non-hydrogen) atoms. The molecule has 2 aromatic rings. The van der Waals surface area contributed by atoms with Crippen molar-refractivity contribution in [3.05, 3.63) is 27.5 Å². The number of hydrogen-bond donors (Lipinski definition) is 2. The quantitative estimate of drug-likeness (QED) is 0.725. The van der Waals surface area contributed by atoms with Gasteiger partial charge >= 0.3 is 0 Å². The highest BCUT2D eigenvalue weighted by atomic mass is 32.1. The second-order valence-corrected chi connectivity index (χ2v) is 3.71. The third-order valence-electron chi connectivity index (χ3n) is 1.73. The smallest absolute Gasteiger partial charge is 0.273 e. The number of thiazole rings is 1. The van der Waals surface area contributed by atoms with Crippen LogP contribution in [0.5, 0.6) is 0 Å². The van der Waals surface area contributed by atoms with Crippen LogP contribution < -0.4 is 11.3 Å². The Morgan fingerprint density at radius 3 is 3.00 bits per heavy atom. The number of hydrogen-bond acceptors (Lipinski definition) is 5. The van der Waals surface area contributed by atoms with Crippen molar-refractivity contribution < 1.29 is 0 Å². The predicted octanol–water partition coefficient (Wildman–Crippen LogP) is 0.784. The Bertz CT molecular complexity index is 516. The van der Waals surface area contributed by atoms with Gasteiger partial charge in [-0.05, 0) is 13.0 Å². The minimum absolute atomic E-state index is 0.249. The van der Waals surface area contributed by atoms with E-state index < -0.39 is 0 Å². The molecule has 5 nitrogen and oxygen atoms in total. The average molecular weight is 208 g/mol. The van der Waals surface area contributed by atoms with Crippen molar-refractivity contribution in [1.82, 2.24) is 15.2 Å². The number of rotatable bonds is 1. The van der Waals surface area contributed by atoms with Crippen LogP contribution in [0.4, 0.5) is 5.13 Å². The molecule has 0 atom stereocenters. The van der Waals surface area contributed by atoms with Gasteiger partial charge in [0.2, 0.25) is 0 Å². The Morgan fingerprint density at radius 1 is 1.57 bits per heavy atom. The highest BCUT2D eigenvalue weighted by Gasteiger charge is 2.07. The fourth-order valence-corrected chi connectivity index (χ4v) is 1.67. The number of H-pyrrole nitrogens is 1. The van der Waals surface area contributed by atoms with Crippen LogP contribution in [0.2, 0.25) is 0 Å². The second kappa shape index (κ2) is 3.22. The van der Waals surface area contributed by atoms with Crippen LogP contribution in [0.15, 0.2) is 16.2 Å². The van der Waals surface area contributed by atoms with Gasteiger partial charge in [-0.3, -0.25) is 4.79 Å². The van der Waals surface area contributed by atoms with E-state index in [4.69, 9.17) is 5.73 Å². The first kappa shape index (κ1) is 8.89. The Kier molecular flexibility index (Phi) is 2.05. The molecule has 6 heteroatoms. The average Bonchev–Trinajstić information content (AvgIpc) is 2.56. The van der Waals surface area contributed by atoms with Crippen molar-refractivity contribution in [2.75, 3.05) is 5.73 Å². The first-order valence-electron chi connectivity index (χ1n) is 3.94. The molecule has 2 aromatic heterocycles. The van der Waals surface area contributed by atoms with Crippen molar-refractivity contribution in [2.24, 2.45) is 0 Å². The molecule has 0 bridgehead atoms. The number of nitrogens with zero attached hydrogens (tertiary/aromatic N) is 2. The number of nitrogens with two attached hydrogens (primary N) is 1. The third kappa shape index (κ3) is 1.51. The van der Waals surface area contributed by atoms with Crippen molar-refractivity contribution in [3.8, 4) is 11.3 Å². The summed E-state index contributed by atoms with van der Waals surface area (Å²) in [5, 5.41) is 8.37. The van der Waals surface area contributed by atoms with E-state index in [0.717, 1.165) is 5.69 Å². The van der Waals surface area contributed by atoms with Gasteiger partial charge in [-0.1, -0.05) is 0 Å². The minimum Gasteiger partial charge on any atom is -0.375 e. The third-order valence-corrected chi connectivity index (χ3v) is 2.40. The van der Waals surface area contributed by atoms with Crippen LogP contribution in [-0.2, 0) is 0 Å². The van der Waals surface area contributed by atoms with Gasteiger partial charge in [0.15, 0.2) is 5.13 Å². The van der Waals surface area contributed by atoms with Gasteiger partial charge in [-0.15, -0.1) is 11.3 Å². The van der Waals surface area contributed by atoms with Crippen LogP contribution in [-0.4, -0.2) is 15.2 Å². The molecule has 0 saturated heterocycles. The maximum Gasteiger partial charge on any atom is 0.273 e. The maximum atomic E-state index is 11.4. The molecule has 0 amide bonds. The normalized spacial score (nSPS) is 10.4. The van der Waals surface area contributed by atoms with Gasteiger partial charge in [-0.2, -0.15) is 5.10 Å². The Hall–Kier alpha value is -1.69. The molecular formula is C8H8N4OS. The Balaban J connectivity index is 2.61. The van der Waals surface area contributed by atoms with Crippen molar-refractivity contribution in [1.29, 1.82) is 0 Å². The summed E-state index contributed by atoms with van der Waals surface area (Å²) in [5.41, 5.74) is 7.08. The summed E-state index contributed by atoms with van der Waals surface area (Å²) in [5.74, 6) is 0. The van der Waals surface area contributed by atoms with Gasteiger partial charge in [0, 0.05) is 5.38 Å². The molecule has 0 saturated carbocycles. The Labute approximate surface area is 83.6 Å². The molecule has 3 N–H and O–H groups in total. The summed E-state index contributed by atoms with van der Waals surface area (Å²) < 4.78 is 0. The van der Waals surface area contributed by atoms with Crippen LogP contribution in [0.25, 0.3) is 11.3 Å². The lowest BCUT2D eigenvalue weighted by atomic mass is 10.2. The van der Waals surface area contributed by atoms with Crippen molar-refractivity contribution in [3.63, 3.8) is 0 Å². The first-order valence-corrected chi connectivity index (χ1v) is 4.82. The number of aryl methyl sites for hydroxylation is 1. The standard InChI is InChI=1S/C8H8N4OS/c1-4-2-5(7(13)12-11-4)6-3-14-8(9)10-6/h2-3H,1H3,(H2,9,10)(H,12,13). The van der Waals surface area contributed by atoms with Gasteiger partial charge in [0.25, 0.3) is 5.56 Å². The molecule has 0 aliphatic heterocycles. The topological polar surface area (TPSA) is 84.7 Å². The molecular weight excluding hydrogens is 200 g/mol. The van der Waals surface area contributed by atoms with E-state index >= 15 is 0 Å². The largest absolute Gasteiger partial charge is 0.375 e. The molecule has 2 rings (SSSR count). The molecule has 0 aromatic carbocycles. The van der Waals surface area contributed by atoms with E-state index in [-0.39, 0.29) is 5.56 Å². The van der Waals surface area contributed by atoms with Crippen LogP contribution in [0.1, 0.15) is 5.69 Å². The summed E-state index contributed by atoms with van der Waals surface area (Å²) in [6.07, 6.45) is 0. The zero-order valence-corrected chi connectivity index (χ0v) is 8.26. The molecule has 0 aliphatic rings. The van der Waals surface area contributed by atoms with E-state index in [1.165, 1.54) is 11.3 Å². The summed E-state index contributed by atoms with van der Waals surface area (Å²) in [4.78, 5) is 15.4. The summed E-state index contributed by atoms with van der Waals surface area (Å²) >= 11 is 1.31. The number of nitrogen functional groups attached to an aromatic ring is 1. The van der Waals surface area contributed by atoms with Crippen molar-refractivity contribution >= 4 is 16.5 Å². The zero-order valence-electron chi connectivity index (χ0n) is 7.44. The number of aromatic amines is 1. The van der Waals surface area contributed by atoms with E-state index in [2.05, 4.69) is 15.2 Å². The lowest BCUT2D eigenvalue weighted by Crippen LogP contribution is -2.11. The fraction of sp³-hybridized carbons (Fsp3) is 0.125. The zero-order chi connectivity index (χ0) is 10.1. The van der Waals surface area contributed by atoms with Gasteiger partial charge < -0.3 is 5.73 Å². The van der Waals surface area contributed by atoms with Crippen LogP contribution in [0.3, 0.4) is 0 Å². The van der Waals surface area contributed by atoms with E-state index in [1.54, 1.807) is 18.4 Å². The van der Waals surface area contributed by atoms with Crippen molar-refractivity contribution in [2.45, 2.75) is 6.92 Å². The van der Waals surface area contributed by atoms with Crippen LogP contribution in [0, 0.1) is 6.92 Å². The summed E-state index contributed by atoms with van der Waals surface area (Å²) in [7, 11) is 0. The monoisotopic (exact) mass is 208 g/mol. The van der Waals surface area contributed by atoms with Gasteiger partial charge in [-0.25, -0.2) is 10.1 Å². The minimum atomic E-state index is -0.249.